The van der Waals surface area contributed by atoms with E-state index in [2.05, 4.69) is 52.1 Å². The molecule has 0 bridgehead atoms. The smallest absolute Gasteiger partial charge is 0.208 e. The van der Waals surface area contributed by atoms with Crippen LogP contribution in [-0.2, 0) is 21.3 Å². The topological polar surface area (TPSA) is 58.6 Å². The standard InChI is InChI=1S/C20H26N2O3S/c1-26(23,24)21-11-9-18-10-12-25-20(18)14-22(15-20)13-17-7-4-6-16-5-2-3-8-19(16)17/h2-8,18,21H,9-15H2,1H3. The van der Waals surface area contributed by atoms with Gasteiger partial charge in [-0.3, -0.25) is 4.90 Å². The summed E-state index contributed by atoms with van der Waals surface area (Å²) in [7, 11) is -3.12. The molecule has 4 rings (SSSR count). The maximum Gasteiger partial charge on any atom is 0.208 e. The number of sulfonamides is 1. The predicted molar refractivity (Wildman–Crippen MR) is 103 cm³/mol. The summed E-state index contributed by atoms with van der Waals surface area (Å²) in [6.07, 6.45) is 3.08. The molecule has 2 aromatic carbocycles. The fourth-order valence-corrected chi connectivity index (χ4v) is 4.94. The van der Waals surface area contributed by atoms with E-state index in [4.69, 9.17) is 4.74 Å². The number of hydrogen-bond acceptors (Lipinski definition) is 4. The highest BCUT2D eigenvalue weighted by atomic mass is 32.2. The first-order valence-electron chi connectivity index (χ1n) is 9.23. The predicted octanol–water partition coefficient (Wildman–Crippen LogP) is 2.37. The Balaban J connectivity index is 1.38. The fourth-order valence-electron chi connectivity index (χ4n) is 4.45. The summed E-state index contributed by atoms with van der Waals surface area (Å²) in [5.41, 5.74) is 1.27. The molecule has 6 heteroatoms. The molecular formula is C20H26N2O3S. The second-order valence-electron chi connectivity index (χ2n) is 7.64. The van der Waals surface area contributed by atoms with Crippen molar-refractivity contribution in [1.82, 2.24) is 9.62 Å². The molecule has 140 valence electrons. The fraction of sp³-hybridized carbons (Fsp3) is 0.500. The van der Waals surface area contributed by atoms with Crippen molar-refractivity contribution in [2.24, 2.45) is 5.92 Å². The van der Waals surface area contributed by atoms with Gasteiger partial charge in [0.05, 0.1) is 11.9 Å². The van der Waals surface area contributed by atoms with Crippen LogP contribution in [0.15, 0.2) is 42.5 Å². The first-order valence-corrected chi connectivity index (χ1v) is 11.1. The van der Waals surface area contributed by atoms with Gasteiger partial charge in [0.1, 0.15) is 0 Å². The molecule has 2 aromatic rings. The van der Waals surface area contributed by atoms with Gasteiger partial charge in [0, 0.05) is 32.8 Å². The van der Waals surface area contributed by atoms with Gasteiger partial charge < -0.3 is 4.74 Å². The van der Waals surface area contributed by atoms with Gasteiger partial charge in [-0.05, 0) is 35.1 Å². The number of hydrogen-bond donors (Lipinski definition) is 1. The molecule has 2 heterocycles. The van der Waals surface area contributed by atoms with Crippen molar-refractivity contribution in [3.63, 3.8) is 0 Å². The van der Waals surface area contributed by atoms with Gasteiger partial charge in [-0.1, -0.05) is 42.5 Å². The quantitative estimate of drug-likeness (QED) is 0.843. The molecule has 0 aliphatic carbocycles. The normalized spacial score (nSPS) is 22.7. The molecule has 1 spiro atoms. The van der Waals surface area contributed by atoms with Crippen molar-refractivity contribution in [1.29, 1.82) is 0 Å². The number of fused-ring (bicyclic) bond motifs is 1. The van der Waals surface area contributed by atoms with Crippen LogP contribution in [0.1, 0.15) is 18.4 Å². The lowest BCUT2D eigenvalue weighted by Crippen LogP contribution is -2.64. The molecule has 0 radical (unpaired) electrons. The van der Waals surface area contributed by atoms with E-state index < -0.39 is 10.0 Å². The summed E-state index contributed by atoms with van der Waals surface area (Å²) in [6, 6.07) is 15.0. The van der Waals surface area contributed by atoms with Crippen LogP contribution in [0.5, 0.6) is 0 Å². The van der Waals surface area contributed by atoms with Gasteiger partial charge in [0.2, 0.25) is 10.0 Å². The zero-order chi connectivity index (χ0) is 18.2. The van der Waals surface area contributed by atoms with Crippen molar-refractivity contribution in [2.45, 2.75) is 25.0 Å². The van der Waals surface area contributed by atoms with Crippen LogP contribution in [-0.4, -0.2) is 51.4 Å². The highest BCUT2D eigenvalue weighted by Crippen LogP contribution is 2.42. The largest absolute Gasteiger partial charge is 0.372 e. The van der Waals surface area contributed by atoms with Crippen LogP contribution in [0.4, 0.5) is 0 Å². The SMILES string of the molecule is CS(=O)(=O)NCCC1CCOC12CN(Cc1cccc3ccccc13)C2. The number of benzene rings is 2. The van der Waals surface area contributed by atoms with Crippen LogP contribution in [0, 0.1) is 5.92 Å². The summed E-state index contributed by atoms with van der Waals surface area (Å²) in [5.74, 6) is 0.431. The second-order valence-corrected chi connectivity index (χ2v) is 9.47. The number of rotatable bonds is 6. The lowest BCUT2D eigenvalue weighted by molar-refractivity contribution is -0.136. The van der Waals surface area contributed by atoms with Crippen LogP contribution in [0.3, 0.4) is 0 Å². The second kappa shape index (κ2) is 6.93. The molecule has 0 aromatic heterocycles. The molecule has 5 nitrogen and oxygen atoms in total. The minimum atomic E-state index is -3.12. The Hall–Kier alpha value is -1.47. The minimum Gasteiger partial charge on any atom is -0.372 e. The average molecular weight is 375 g/mol. The molecular weight excluding hydrogens is 348 g/mol. The van der Waals surface area contributed by atoms with Crippen molar-refractivity contribution >= 4 is 20.8 Å². The lowest BCUT2D eigenvalue weighted by atomic mass is 9.78. The molecule has 2 fully saturated rings. The van der Waals surface area contributed by atoms with Gasteiger partial charge in [0.25, 0.3) is 0 Å². The van der Waals surface area contributed by atoms with E-state index >= 15 is 0 Å². The average Bonchev–Trinajstić information content (AvgIpc) is 2.97. The zero-order valence-corrected chi connectivity index (χ0v) is 16.0. The molecule has 0 amide bonds. The van der Waals surface area contributed by atoms with Gasteiger partial charge in [-0.25, -0.2) is 13.1 Å². The van der Waals surface area contributed by atoms with Crippen molar-refractivity contribution in [3.05, 3.63) is 48.0 Å². The Bertz CT molecular complexity index is 886. The lowest BCUT2D eigenvalue weighted by Gasteiger charge is -2.50. The summed E-state index contributed by atoms with van der Waals surface area (Å²) >= 11 is 0. The Kier molecular flexibility index (Phi) is 4.77. The number of ether oxygens (including phenoxy) is 1. The van der Waals surface area contributed by atoms with Crippen molar-refractivity contribution < 1.29 is 13.2 Å². The van der Waals surface area contributed by atoms with E-state index in [-0.39, 0.29) is 5.60 Å². The molecule has 1 atom stereocenters. The third kappa shape index (κ3) is 3.64. The monoisotopic (exact) mass is 374 g/mol. The third-order valence-electron chi connectivity index (χ3n) is 5.71. The highest BCUT2D eigenvalue weighted by Gasteiger charge is 2.52. The summed E-state index contributed by atoms with van der Waals surface area (Å²) in [4.78, 5) is 2.43. The van der Waals surface area contributed by atoms with Crippen molar-refractivity contribution in [3.8, 4) is 0 Å². The molecule has 0 saturated carbocycles. The van der Waals surface area contributed by atoms with Crippen molar-refractivity contribution in [2.75, 3.05) is 32.5 Å². The Morgan fingerprint density at radius 2 is 1.96 bits per heavy atom. The Morgan fingerprint density at radius 3 is 2.77 bits per heavy atom. The van der Waals surface area contributed by atoms with E-state index in [1.54, 1.807) is 0 Å². The van der Waals surface area contributed by atoms with Crippen LogP contribution < -0.4 is 4.72 Å². The van der Waals surface area contributed by atoms with E-state index in [0.717, 1.165) is 39.1 Å². The van der Waals surface area contributed by atoms with E-state index in [1.165, 1.54) is 22.6 Å². The Labute approximate surface area is 155 Å². The maximum absolute atomic E-state index is 11.3. The minimum absolute atomic E-state index is 0.0796. The Morgan fingerprint density at radius 1 is 1.19 bits per heavy atom. The van der Waals surface area contributed by atoms with Gasteiger partial charge in [0.15, 0.2) is 0 Å². The first kappa shape index (κ1) is 17.9. The maximum atomic E-state index is 11.3. The number of nitrogens with one attached hydrogen (secondary N) is 1. The summed E-state index contributed by atoms with van der Waals surface area (Å²) < 4.78 is 31.2. The highest BCUT2D eigenvalue weighted by molar-refractivity contribution is 7.88. The third-order valence-corrected chi connectivity index (χ3v) is 6.44. The molecule has 2 saturated heterocycles. The van der Waals surface area contributed by atoms with Crippen LogP contribution in [0.2, 0.25) is 0 Å². The van der Waals surface area contributed by atoms with Crippen LogP contribution >= 0.6 is 0 Å². The molecule has 1 unspecified atom stereocenters. The van der Waals surface area contributed by atoms with E-state index in [9.17, 15) is 8.42 Å². The van der Waals surface area contributed by atoms with Gasteiger partial charge in [-0.2, -0.15) is 0 Å². The van der Waals surface area contributed by atoms with Gasteiger partial charge in [-0.15, -0.1) is 0 Å². The molecule has 26 heavy (non-hydrogen) atoms. The summed E-state index contributed by atoms with van der Waals surface area (Å²) in [6.45, 7) is 4.07. The molecule has 2 aliphatic heterocycles. The van der Waals surface area contributed by atoms with Crippen LogP contribution in [0.25, 0.3) is 10.8 Å². The summed E-state index contributed by atoms with van der Waals surface area (Å²) in [5, 5.41) is 2.60. The first-order chi connectivity index (χ1) is 12.5. The number of nitrogens with zero attached hydrogens (tertiary/aromatic N) is 1. The van der Waals surface area contributed by atoms with E-state index in [0.29, 0.717) is 12.5 Å². The van der Waals surface area contributed by atoms with E-state index in [1.807, 2.05) is 0 Å². The van der Waals surface area contributed by atoms with Gasteiger partial charge >= 0.3 is 0 Å². The molecule has 2 aliphatic rings. The zero-order valence-electron chi connectivity index (χ0n) is 15.1. The molecule has 1 N–H and O–H groups in total. The number of likely N-dealkylation sites (tertiary alicyclic amines) is 1.